The predicted molar refractivity (Wildman–Crippen MR) is 91.5 cm³/mol. The van der Waals surface area contributed by atoms with Gasteiger partial charge in [0.15, 0.2) is 0 Å². The van der Waals surface area contributed by atoms with Crippen molar-refractivity contribution in [1.29, 1.82) is 0 Å². The monoisotopic (exact) mass is 334 g/mol. The second kappa shape index (κ2) is 7.21. The van der Waals surface area contributed by atoms with Gasteiger partial charge in [0.2, 0.25) is 5.01 Å². The maximum Gasteiger partial charge on any atom is 0.286 e. The highest BCUT2D eigenvalue weighted by Crippen LogP contribution is 2.23. The molecule has 1 aliphatic heterocycles. The molecule has 2 heterocycles. The second-order valence-corrected chi connectivity index (χ2v) is 7.47. The van der Waals surface area contributed by atoms with E-state index in [9.17, 15) is 4.79 Å². The summed E-state index contributed by atoms with van der Waals surface area (Å²) >= 11 is 3.36. The Labute approximate surface area is 138 Å². The average molecular weight is 334 g/mol. The van der Waals surface area contributed by atoms with E-state index < -0.39 is 0 Å². The first-order valence-electron chi connectivity index (χ1n) is 7.19. The van der Waals surface area contributed by atoms with Gasteiger partial charge in [-0.25, -0.2) is 0 Å². The van der Waals surface area contributed by atoms with Gasteiger partial charge in [-0.05, 0) is 31.4 Å². The molecule has 116 valence electrons. The molecule has 3 rings (SSSR count). The zero-order valence-corrected chi connectivity index (χ0v) is 14.0. The first-order chi connectivity index (χ1) is 10.7. The first kappa shape index (κ1) is 15.5. The third-order valence-corrected chi connectivity index (χ3v) is 5.66. The van der Waals surface area contributed by atoms with Crippen LogP contribution in [0.5, 0.6) is 0 Å². The van der Waals surface area contributed by atoms with E-state index in [1.54, 1.807) is 0 Å². The van der Waals surface area contributed by atoms with Gasteiger partial charge in [-0.3, -0.25) is 9.69 Å². The van der Waals surface area contributed by atoms with Crippen LogP contribution in [-0.2, 0) is 6.54 Å². The molecule has 1 aliphatic rings. The van der Waals surface area contributed by atoms with Gasteiger partial charge in [0, 0.05) is 17.5 Å². The van der Waals surface area contributed by atoms with E-state index in [1.165, 1.54) is 29.3 Å². The highest BCUT2D eigenvalue weighted by molar-refractivity contribution is 7.99. The largest absolute Gasteiger partial charge is 0.320 e. The van der Waals surface area contributed by atoms with Crippen molar-refractivity contribution in [2.75, 3.05) is 23.9 Å². The highest BCUT2D eigenvalue weighted by atomic mass is 32.2. The van der Waals surface area contributed by atoms with Gasteiger partial charge in [-0.15, -0.1) is 10.2 Å². The van der Waals surface area contributed by atoms with E-state index in [1.807, 2.05) is 42.1 Å². The fourth-order valence-electron chi connectivity index (χ4n) is 2.33. The smallest absolute Gasteiger partial charge is 0.286 e. The zero-order valence-electron chi connectivity index (χ0n) is 12.4. The Morgan fingerprint density at radius 2 is 2.18 bits per heavy atom. The average Bonchev–Trinajstić information content (AvgIpc) is 3.19. The molecular formula is C15H18N4OS2. The van der Waals surface area contributed by atoms with Gasteiger partial charge in [-0.2, -0.15) is 11.8 Å². The fraction of sp³-hybridized carbons (Fsp3) is 0.400. The first-order valence-corrected chi connectivity index (χ1v) is 9.16. The minimum Gasteiger partial charge on any atom is -0.320 e. The lowest BCUT2D eigenvalue weighted by Gasteiger charge is -2.21. The van der Waals surface area contributed by atoms with Crippen molar-refractivity contribution in [3.8, 4) is 0 Å². The quantitative estimate of drug-likeness (QED) is 0.911. The molecule has 1 fully saturated rings. The van der Waals surface area contributed by atoms with E-state index in [-0.39, 0.29) is 5.91 Å². The standard InChI is InChI=1S/C15H18N4OS2/c1-19(12-7-8-21-10-12)9-13-17-18-15(22-13)14(20)16-11-5-3-2-4-6-11/h2-6,12H,7-10H2,1H3,(H,16,20)/t12-/m1/s1. The van der Waals surface area contributed by atoms with Crippen molar-refractivity contribution in [3.05, 3.63) is 40.3 Å². The summed E-state index contributed by atoms with van der Waals surface area (Å²) in [5.74, 6) is 2.21. The van der Waals surface area contributed by atoms with Crippen LogP contribution in [0.1, 0.15) is 21.2 Å². The molecule has 5 nitrogen and oxygen atoms in total. The molecule has 1 aromatic carbocycles. The maximum atomic E-state index is 12.1. The van der Waals surface area contributed by atoms with E-state index in [0.717, 1.165) is 17.2 Å². The Bertz CT molecular complexity index is 625. The van der Waals surface area contributed by atoms with Gasteiger partial charge < -0.3 is 5.32 Å². The van der Waals surface area contributed by atoms with Crippen LogP contribution in [0.15, 0.2) is 30.3 Å². The molecule has 1 aromatic heterocycles. The molecule has 0 saturated carbocycles. The van der Waals surface area contributed by atoms with Crippen LogP contribution in [0.3, 0.4) is 0 Å². The molecule has 0 spiro atoms. The molecule has 1 saturated heterocycles. The van der Waals surface area contributed by atoms with Gasteiger partial charge >= 0.3 is 0 Å². The summed E-state index contributed by atoms with van der Waals surface area (Å²) in [5, 5.41) is 12.3. The van der Waals surface area contributed by atoms with E-state index in [4.69, 9.17) is 0 Å². The summed E-state index contributed by atoms with van der Waals surface area (Å²) in [7, 11) is 2.11. The third kappa shape index (κ3) is 3.85. The SMILES string of the molecule is CN(Cc1nnc(C(=O)Nc2ccccc2)s1)[C@@H]1CCSC1. The van der Waals surface area contributed by atoms with Crippen molar-refractivity contribution in [2.45, 2.75) is 19.0 Å². The van der Waals surface area contributed by atoms with Crippen molar-refractivity contribution >= 4 is 34.7 Å². The number of carbonyl (C=O) groups excluding carboxylic acids is 1. The topological polar surface area (TPSA) is 58.1 Å². The number of aromatic nitrogens is 2. The highest BCUT2D eigenvalue weighted by Gasteiger charge is 2.21. The lowest BCUT2D eigenvalue weighted by Crippen LogP contribution is -2.30. The Hall–Kier alpha value is -1.44. The number of rotatable bonds is 5. The van der Waals surface area contributed by atoms with Crippen LogP contribution in [0.4, 0.5) is 5.69 Å². The lowest BCUT2D eigenvalue weighted by molar-refractivity contribution is 0.102. The van der Waals surface area contributed by atoms with Gasteiger partial charge in [0.25, 0.3) is 5.91 Å². The number of para-hydroxylation sites is 1. The summed E-state index contributed by atoms with van der Waals surface area (Å²) in [5.41, 5.74) is 0.768. The number of hydrogen-bond acceptors (Lipinski definition) is 6. The summed E-state index contributed by atoms with van der Waals surface area (Å²) in [6.45, 7) is 0.751. The van der Waals surface area contributed by atoms with Crippen LogP contribution >= 0.6 is 23.1 Å². The molecule has 2 aromatic rings. The number of benzene rings is 1. The molecule has 0 bridgehead atoms. The molecule has 0 unspecified atom stereocenters. The number of nitrogens with one attached hydrogen (secondary N) is 1. The summed E-state index contributed by atoms with van der Waals surface area (Å²) < 4.78 is 0. The van der Waals surface area contributed by atoms with Crippen LogP contribution < -0.4 is 5.32 Å². The normalized spacial score (nSPS) is 17.8. The summed E-state index contributed by atoms with van der Waals surface area (Å²) in [6.07, 6.45) is 1.22. The molecule has 7 heteroatoms. The van der Waals surface area contributed by atoms with Crippen LogP contribution in [0.2, 0.25) is 0 Å². The molecule has 0 aliphatic carbocycles. The van der Waals surface area contributed by atoms with E-state index in [0.29, 0.717) is 11.0 Å². The number of anilines is 1. The van der Waals surface area contributed by atoms with E-state index >= 15 is 0 Å². The number of carbonyl (C=O) groups is 1. The second-order valence-electron chi connectivity index (χ2n) is 5.25. The Balaban J connectivity index is 1.59. The van der Waals surface area contributed by atoms with E-state index in [2.05, 4.69) is 27.5 Å². The van der Waals surface area contributed by atoms with Crippen LogP contribution in [-0.4, -0.2) is 45.6 Å². The van der Waals surface area contributed by atoms with Gasteiger partial charge in [0.1, 0.15) is 5.01 Å². The Kier molecular flexibility index (Phi) is 5.07. The zero-order chi connectivity index (χ0) is 15.4. The summed E-state index contributed by atoms with van der Waals surface area (Å²) in [6, 6.07) is 9.99. The van der Waals surface area contributed by atoms with Crippen molar-refractivity contribution < 1.29 is 4.79 Å². The maximum absolute atomic E-state index is 12.1. The predicted octanol–water partition coefficient (Wildman–Crippen LogP) is 2.73. The number of amides is 1. The van der Waals surface area contributed by atoms with Gasteiger partial charge in [0.05, 0.1) is 6.54 Å². The summed E-state index contributed by atoms with van der Waals surface area (Å²) in [4.78, 5) is 14.5. The fourth-order valence-corrected chi connectivity index (χ4v) is 4.42. The third-order valence-electron chi connectivity index (χ3n) is 3.61. The number of hydrogen-bond donors (Lipinski definition) is 1. The van der Waals surface area contributed by atoms with Crippen molar-refractivity contribution in [2.24, 2.45) is 0 Å². The minimum absolute atomic E-state index is 0.200. The minimum atomic E-state index is -0.200. The number of nitrogens with zero attached hydrogens (tertiary/aromatic N) is 3. The number of thioether (sulfide) groups is 1. The Morgan fingerprint density at radius 3 is 2.91 bits per heavy atom. The van der Waals surface area contributed by atoms with Crippen molar-refractivity contribution in [1.82, 2.24) is 15.1 Å². The molecular weight excluding hydrogens is 316 g/mol. The molecule has 1 atom stereocenters. The van der Waals surface area contributed by atoms with Crippen molar-refractivity contribution in [3.63, 3.8) is 0 Å². The lowest BCUT2D eigenvalue weighted by atomic mass is 10.2. The molecule has 1 amide bonds. The van der Waals surface area contributed by atoms with Crippen LogP contribution in [0.25, 0.3) is 0 Å². The van der Waals surface area contributed by atoms with Gasteiger partial charge in [-0.1, -0.05) is 29.5 Å². The Morgan fingerprint density at radius 1 is 1.36 bits per heavy atom. The molecule has 0 radical (unpaired) electrons. The molecule has 1 N–H and O–H groups in total. The molecule has 22 heavy (non-hydrogen) atoms. The van der Waals surface area contributed by atoms with Crippen LogP contribution in [0, 0.1) is 0 Å².